The molecule has 0 radical (unpaired) electrons. The average molecular weight is 215 g/mol. The molecule has 0 bridgehead atoms. The van der Waals surface area contributed by atoms with Crippen molar-refractivity contribution in [2.24, 2.45) is 11.3 Å². The Morgan fingerprint density at radius 2 is 1.93 bits per heavy atom. The SMILES string of the molecule is CCC(C)C(C)NCCC(C)(C)C(=O)O. The Morgan fingerprint density at radius 1 is 1.40 bits per heavy atom. The predicted molar refractivity (Wildman–Crippen MR) is 63.0 cm³/mol. The number of hydrogen-bond donors (Lipinski definition) is 2. The summed E-state index contributed by atoms with van der Waals surface area (Å²) in [5.41, 5.74) is -0.623. The summed E-state index contributed by atoms with van der Waals surface area (Å²) in [7, 11) is 0. The molecule has 3 nitrogen and oxygen atoms in total. The molecule has 0 saturated carbocycles. The van der Waals surface area contributed by atoms with Crippen LogP contribution in [0.15, 0.2) is 0 Å². The van der Waals surface area contributed by atoms with E-state index in [1.807, 2.05) is 0 Å². The second-order valence-corrected chi connectivity index (χ2v) is 5.07. The highest BCUT2D eigenvalue weighted by molar-refractivity contribution is 5.73. The maximum Gasteiger partial charge on any atom is 0.309 e. The van der Waals surface area contributed by atoms with Crippen molar-refractivity contribution in [3.8, 4) is 0 Å². The van der Waals surface area contributed by atoms with Crippen LogP contribution < -0.4 is 5.32 Å². The largest absolute Gasteiger partial charge is 0.481 e. The highest BCUT2D eigenvalue weighted by Gasteiger charge is 2.26. The molecule has 0 aliphatic heterocycles. The van der Waals surface area contributed by atoms with Crippen LogP contribution in [0.2, 0.25) is 0 Å². The van der Waals surface area contributed by atoms with Gasteiger partial charge < -0.3 is 10.4 Å². The Labute approximate surface area is 93.3 Å². The van der Waals surface area contributed by atoms with Crippen LogP contribution in [0.5, 0.6) is 0 Å². The Morgan fingerprint density at radius 3 is 2.33 bits per heavy atom. The zero-order valence-electron chi connectivity index (χ0n) is 10.6. The molecular formula is C12H25NO2. The molecule has 0 amide bonds. The summed E-state index contributed by atoms with van der Waals surface area (Å²) < 4.78 is 0. The van der Waals surface area contributed by atoms with Gasteiger partial charge >= 0.3 is 5.97 Å². The number of nitrogens with one attached hydrogen (secondary N) is 1. The van der Waals surface area contributed by atoms with Gasteiger partial charge in [-0.3, -0.25) is 4.79 Å². The fourth-order valence-corrected chi connectivity index (χ4v) is 1.27. The summed E-state index contributed by atoms with van der Waals surface area (Å²) in [4.78, 5) is 10.9. The molecule has 2 atom stereocenters. The summed E-state index contributed by atoms with van der Waals surface area (Å²) in [6.07, 6.45) is 1.82. The maximum atomic E-state index is 10.9. The summed E-state index contributed by atoms with van der Waals surface area (Å²) in [6.45, 7) is 10.8. The molecule has 0 heterocycles. The normalized spacial score (nSPS) is 16.1. The van der Waals surface area contributed by atoms with E-state index in [1.165, 1.54) is 0 Å². The third-order valence-corrected chi connectivity index (χ3v) is 3.29. The monoisotopic (exact) mass is 215 g/mol. The van der Waals surface area contributed by atoms with E-state index in [1.54, 1.807) is 13.8 Å². The smallest absolute Gasteiger partial charge is 0.309 e. The molecule has 2 N–H and O–H groups in total. The highest BCUT2D eigenvalue weighted by Crippen LogP contribution is 2.19. The lowest BCUT2D eigenvalue weighted by atomic mass is 9.89. The number of carboxylic acid groups (broad SMARTS) is 1. The first-order chi connectivity index (χ1) is 6.81. The van der Waals surface area contributed by atoms with Crippen molar-refractivity contribution in [1.82, 2.24) is 5.32 Å². The van der Waals surface area contributed by atoms with Crippen LogP contribution in [0, 0.1) is 11.3 Å². The Kier molecular flexibility index (Phi) is 5.88. The second kappa shape index (κ2) is 6.11. The number of aliphatic carboxylic acids is 1. The number of carbonyl (C=O) groups is 1. The molecule has 0 aromatic heterocycles. The van der Waals surface area contributed by atoms with Crippen molar-refractivity contribution in [1.29, 1.82) is 0 Å². The minimum atomic E-state index is -0.722. The molecule has 3 heteroatoms. The van der Waals surface area contributed by atoms with Crippen LogP contribution in [-0.4, -0.2) is 23.7 Å². The fraction of sp³-hybridized carbons (Fsp3) is 0.917. The summed E-state index contributed by atoms with van der Waals surface area (Å²) in [5, 5.41) is 12.3. The molecule has 0 aliphatic rings. The van der Waals surface area contributed by atoms with Crippen LogP contribution in [-0.2, 0) is 4.79 Å². The quantitative estimate of drug-likeness (QED) is 0.686. The lowest BCUT2D eigenvalue weighted by Gasteiger charge is -2.23. The van der Waals surface area contributed by atoms with Crippen LogP contribution >= 0.6 is 0 Å². The molecule has 2 unspecified atom stereocenters. The predicted octanol–water partition coefficient (Wildman–Crippen LogP) is 2.51. The molecule has 0 spiro atoms. The van der Waals surface area contributed by atoms with E-state index in [0.29, 0.717) is 18.4 Å². The van der Waals surface area contributed by atoms with Gasteiger partial charge in [0.25, 0.3) is 0 Å². The molecule has 0 saturated heterocycles. The van der Waals surface area contributed by atoms with Gasteiger partial charge in [0.1, 0.15) is 0 Å². The van der Waals surface area contributed by atoms with Crippen molar-refractivity contribution in [3.63, 3.8) is 0 Å². The minimum Gasteiger partial charge on any atom is -0.481 e. The van der Waals surface area contributed by atoms with Gasteiger partial charge in [0, 0.05) is 6.04 Å². The molecule has 15 heavy (non-hydrogen) atoms. The highest BCUT2D eigenvalue weighted by atomic mass is 16.4. The van der Waals surface area contributed by atoms with Crippen molar-refractivity contribution in [2.75, 3.05) is 6.54 Å². The zero-order valence-corrected chi connectivity index (χ0v) is 10.6. The fourth-order valence-electron chi connectivity index (χ4n) is 1.27. The summed E-state index contributed by atoms with van der Waals surface area (Å²) >= 11 is 0. The average Bonchev–Trinajstić information content (AvgIpc) is 2.15. The minimum absolute atomic E-state index is 0.458. The molecular weight excluding hydrogens is 190 g/mol. The Hall–Kier alpha value is -0.570. The number of hydrogen-bond acceptors (Lipinski definition) is 2. The summed E-state index contributed by atoms with van der Waals surface area (Å²) in [6, 6.07) is 0.458. The molecule has 0 fully saturated rings. The lowest BCUT2D eigenvalue weighted by molar-refractivity contribution is -0.147. The van der Waals surface area contributed by atoms with E-state index < -0.39 is 11.4 Å². The van der Waals surface area contributed by atoms with Gasteiger partial charge in [-0.05, 0) is 39.7 Å². The first-order valence-corrected chi connectivity index (χ1v) is 5.78. The Balaban J connectivity index is 3.84. The molecule has 90 valence electrons. The first-order valence-electron chi connectivity index (χ1n) is 5.78. The van der Waals surface area contributed by atoms with Crippen LogP contribution in [0.4, 0.5) is 0 Å². The third kappa shape index (κ3) is 5.17. The third-order valence-electron chi connectivity index (χ3n) is 3.29. The van der Waals surface area contributed by atoms with Gasteiger partial charge in [0.2, 0.25) is 0 Å². The van der Waals surface area contributed by atoms with Gasteiger partial charge in [-0.25, -0.2) is 0 Å². The molecule has 0 aromatic rings. The van der Waals surface area contributed by atoms with Gasteiger partial charge in [-0.15, -0.1) is 0 Å². The van der Waals surface area contributed by atoms with Crippen LogP contribution in [0.3, 0.4) is 0 Å². The van der Waals surface area contributed by atoms with Crippen molar-refractivity contribution in [2.45, 2.75) is 53.5 Å². The van der Waals surface area contributed by atoms with Gasteiger partial charge in [0.15, 0.2) is 0 Å². The van der Waals surface area contributed by atoms with Gasteiger partial charge in [0.05, 0.1) is 5.41 Å². The van der Waals surface area contributed by atoms with E-state index in [0.717, 1.165) is 13.0 Å². The maximum absolute atomic E-state index is 10.9. The molecule has 0 aliphatic carbocycles. The first kappa shape index (κ1) is 14.4. The number of rotatable bonds is 7. The Bertz CT molecular complexity index is 202. The van der Waals surface area contributed by atoms with Crippen LogP contribution in [0.1, 0.15) is 47.5 Å². The van der Waals surface area contributed by atoms with Gasteiger partial charge in [-0.2, -0.15) is 0 Å². The second-order valence-electron chi connectivity index (χ2n) is 5.07. The molecule has 0 aromatic carbocycles. The van der Waals surface area contributed by atoms with Crippen LogP contribution in [0.25, 0.3) is 0 Å². The zero-order chi connectivity index (χ0) is 12.1. The lowest BCUT2D eigenvalue weighted by Crippen LogP contribution is -2.36. The number of carboxylic acids is 1. The van der Waals surface area contributed by atoms with E-state index in [9.17, 15) is 4.79 Å². The van der Waals surface area contributed by atoms with Gasteiger partial charge in [-0.1, -0.05) is 20.3 Å². The topological polar surface area (TPSA) is 49.3 Å². The van der Waals surface area contributed by atoms with Crippen molar-refractivity contribution >= 4 is 5.97 Å². The summed E-state index contributed by atoms with van der Waals surface area (Å²) in [5.74, 6) is -0.0848. The standard InChI is InChI=1S/C12H25NO2/c1-6-9(2)10(3)13-8-7-12(4,5)11(14)15/h9-10,13H,6-8H2,1-5H3,(H,14,15). The van der Waals surface area contributed by atoms with Crippen molar-refractivity contribution in [3.05, 3.63) is 0 Å². The van der Waals surface area contributed by atoms with E-state index in [2.05, 4.69) is 26.1 Å². The van der Waals surface area contributed by atoms with E-state index in [4.69, 9.17) is 5.11 Å². The van der Waals surface area contributed by atoms with Crippen molar-refractivity contribution < 1.29 is 9.90 Å². The van der Waals surface area contributed by atoms with E-state index in [-0.39, 0.29) is 0 Å². The molecule has 0 rings (SSSR count). The van der Waals surface area contributed by atoms with E-state index >= 15 is 0 Å².